The Morgan fingerprint density at radius 2 is 1.90 bits per heavy atom. The SMILES string of the molecule is CCC(Nc1cccc(C(=O)O)c1N)c1ccccc1. The number of hydrogen-bond donors (Lipinski definition) is 3. The zero-order valence-corrected chi connectivity index (χ0v) is 11.3. The first-order valence-electron chi connectivity index (χ1n) is 6.56. The van der Waals surface area contributed by atoms with Gasteiger partial charge in [-0.25, -0.2) is 4.79 Å². The van der Waals surface area contributed by atoms with Gasteiger partial charge in [0.15, 0.2) is 0 Å². The molecule has 0 radical (unpaired) electrons. The summed E-state index contributed by atoms with van der Waals surface area (Å²) in [5, 5.41) is 12.4. The van der Waals surface area contributed by atoms with Gasteiger partial charge in [0.1, 0.15) is 0 Å². The Morgan fingerprint density at radius 1 is 1.20 bits per heavy atom. The van der Waals surface area contributed by atoms with Crippen molar-refractivity contribution in [2.75, 3.05) is 11.1 Å². The fourth-order valence-electron chi connectivity index (χ4n) is 2.17. The van der Waals surface area contributed by atoms with Gasteiger partial charge in [0.05, 0.1) is 23.0 Å². The highest BCUT2D eigenvalue weighted by molar-refractivity contribution is 5.97. The second-order valence-corrected chi connectivity index (χ2v) is 4.59. The van der Waals surface area contributed by atoms with Crippen LogP contribution in [0, 0.1) is 0 Å². The van der Waals surface area contributed by atoms with Crippen LogP contribution < -0.4 is 11.1 Å². The zero-order valence-electron chi connectivity index (χ0n) is 11.3. The van der Waals surface area contributed by atoms with Gasteiger partial charge >= 0.3 is 5.97 Å². The fourth-order valence-corrected chi connectivity index (χ4v) is 2.17. The van der Waals surface area contributed by atoms with E-state index in [2.05, 4.69) is 12.2 Å². The topological polar surface area (TPSA) is 75.3 Å². The molecule has 0 saturated heterocycles. The molecule has 1 unspecified atom stereocenters. The predicted molar refractivity (Wildman–Crippen MR) is 80.9 cm³/mol. The van der Waals surface area contributed by atoms with E-state index in [0.29, 0.717) is 5.69 Å². The van der Waals surface area contributed by atoms with Gasteiger partial charge < -0.3 is 16.2 Å². The number of anilines is 2. The number of nitrogens with one attached hydrogen (secondary N) is 1. The van der Waals surface area contributed by atoms with Crippen LogP contribution in [0.4, 0.5) is 11.4 Å². The van der Waals surface area contributed by atoms with E-state index in [1.54, 1.807) is 12.1 Å². The van der Waals surface area contributed by atoms with Gasteiger partial charge in [0, 0.05) is 0 Å². The summed E-state index contributed by atoms with van der Waals surface area (Å²) in [6, 6.07) is 15.1. The van der Waals surface area contributed by atoms with Crippen molar-refractivity contribution in [3.8, 4) is 0 Å². The minimum absolute atomic E-state index is 0.0996. The molecular weight excluding hydrogens is 252 g/mol. The lowest BCUT2D eigenvalue weighted by molar-refractivity contribution is 0.0698. The van der Waals surface area contributed by atoms with E-state index in [1.807, 2.05) is 30.3 Å². The number of hydrogen-bond acceptors (Lipinski definition) is 3. The van der Waals surface area contributed by atoms with Crippen molar-refractivity contribution in [1.82, 2.24) is 0 Å². The van der Waals surface area contributed by atoms with Crippen molar-refractivity contribution in [2.24, 2.45) is 0 Å². The molecule has 0 fully saturated rings. The second-order valence-electron chi connectivity index (χ2n) is 4.59. The number of nitrogens with two attached hydrogens (primary N) is 1. The molecule has 104 valence electrons. The van der Waals surface area contributed by atoms with Gasteiger partial charge in [-0.3, -0.25) is 0 Å². The average molecular weight is 270 g/mol. The lowest BCUT2D eigenvalue weighted by Gasteiger charge is -2.20. The van der Waals surface area contributed by atoms with Crippen LogP contribution in [0.1, 0.15) is 35.3 Å². The minimum atomic E-state index is -1.01. The molecule has 4 nitrogen and oxygen atoms in total. The third kappa shape index (κ3) is 2.91. The maximum Gasteiger partial charge on any atom is 0.337 e. The number of aromatic carboxylic acids is 1. The summed E-state index contributed by atoms with van der Waals surface area (Å²) in [5.41, 5.74) is 8.12. The van der Waals surface area contributed by atoms with Gasteiger partial charge in [0.25, 0.3) is 0 Å². The van der Waals surface area contributed by atoms with Crippen LogP contribution in [-0.4, -0.2) is 11.1 Å². The molecule has 0 bridgehead atoms. The number of nitrogen functional groups attached to an aromatic ring is 1. The molecule has 0 aliphatic carbocycles. The third-order valence-electron chi connectivity index (χ3n) is 3.28. The molecule has 0 aliphatic rings. The predicted octanol–water partition coefficient (Wildman–Crippen LogP) is 3.53. The number of carboxylic acids is 1. The summed E-state index contributed by atoms with van der Waals surface area (Å²) in [4.78, 5) is 11.1. The molecule has 0 amide bonds. The first-order chi connectivity index (χ1) is 9.63. The van der Waals surface area contributed by atoms with Crippen molar-refractivity contribution in [3.05, 3.63) is 59.7 Å². The summed E-state index contributed by atoms with van der Waals surface area (Å²) in [6.07, 6.45) is 0.876. The summed E-state index contributed by atoms with van der Waals surface area (Å²) >= 11 is 0. The highest BCUT2D eigenvalue weighted by Crippen LogP contribution is 2.28. The van der Waals surface area contributed by atoms with Gasteiger partial charge in [-0.05, 0) is 24.1 Å². The van der Waals surface area contributed by atoms with Crippen molar-refractivity contribution < 1.29 is 9.90 Å². The van der Waals surface area contributed by atoms with Crippen LogP contribution in [0.15, 0.2) is 48.5 Å². The fraction of sp³-hybridized carbons (Fsp3) is 0.188. The Morgan fingerprint density at radius 3 is 2.50 bits per heavy atom. The van der Waals surface area contributed by atoms with E-state index >= 15 is 0 Å². The summed E-state index contributed by atoms with van der Waals surface area (Å²) < 4.78 is 0. The monoisotopic (exact) mass is 270 g/mol. The van der Waals surface area contributed by atoms with Crippen LogP contribution in [0.5, 0.6) is 0 Å². The maximum absolute atomic E-state index is 11.1. The maximum atomic E-state index is 11.1. The number of carbonyl (C=O) groups is 1. The Bertz CT molecular complexity index is 597. The molecule has 4 heteroatoms. The van der Waals surface area contributed by atoms with Crippen LogP contribution in [0.3, 0.4) is 0 Å². The molecule has 1 atom stereocenters. The smallest absolute Gasteiger partial charge is 0.337 e. The molecule has 0 spiro atoms. The van der Waals surface area contributed by atoms with E-state index in [-0.39, 0.29) is 17.3 Å². The van der Waals surface area contributed by atoms with E-state index in [4.69, 9.17) is 10.8 Å². The Hall–Kier alpha value is -2.49. The highest BCUT2D eigenvalue weighted by atomic mass is 16.4. The number of carboxylic acid groups (broad SMARTS) is 1. The summed E-state index contributed by atoms with van der Waals surface area (Å²) in [6.45, 7) is 2.07. The van der Waals surface area contributed by atoms with Gasteiger partial charge in [-0.15, -0.1) is 0 Å². The normalized spacial score (nSPS) is 11.8. The molecule has 2 aromatic rings. The molecule has 2 aromatic carbocycles. The standard InChI is InChI=1S/C16H18N2O2/c1-2-13(11-7-4-3-5-8-11)18-14-10-6-9-12(15(14)17)16(19)20/h3-10,13,18H,2,17H2,1H3,(H,19,20). The number of rotatable bonds is 5. The van der Waals surface area contributed by atoms with Crippen molar-refractivity contribution in [2.45, 2.75) is 19.4 Å². The number of para-hydroxylation sites is 1. The van der Waals surface area contributed by atoms with Crippen molar-refractivity contribution in [1.29, 1.82) is 0 Å². The first-order valence-corrected chi connectivity index (χ1v) is 6.56. The molecule has 0 heterocycles. The minimum Gasteiger partial charge on any atom is -0.478 e. The molecule has 2 rings (SSSR count). The summed E-state index contributed by atoms with van der Waals surface area (Å²) in [7, 11) is 0. The van der Waals surface area contributed by atoms with Crippen molar-refractivity contribution >= 4 is 17.3 Å². The van der Waals surface area contributed by atoms with Crippen LogP contribution in [0.2, 0.25) is 0 Å². The van der Waals surface area contributed by atoms with Gasteiger partial charge in [-0.2, -0.15) is 0 Å². The Balaban J connectivity index is 2.29. The lowest BCUT2D eigenvalue weighted by Crippen LogP contribution is -2.12. The van der Waals surface area contributed by atoms with Gasteiger partial charge in [0.2, 0.25) is 0 Å². The quantitative estimate of drug-likeness (QED) is 0.726. The number of benzene rings is 2. The largest absolute Gasteiger partial charge is 0.478 e. The Labute approximate surface area is 118 Å². The molecule has 20 heavy (non-hydrogen) atoms. The molecule has 4 N–H and O–H groups in total. The second kappa shape index (κ2) is 6.10. The summed E-state index contributed by atoms with van der Waals surface area (Å²) in [5.74, 6) is -1.01. The zero-order chi connectivity index (χ0) is 14.5. The van der Waals surface area contributed by atoms with E-state index in [0.717, 1.165) is 12.0 Å². The van der Waals surface area contributed by atoms with Crippen LogP contribution in [-0.2, 0) is 0 Å². The first kappa shape index (κ1) is 13.9. The van der Waals surface area contributed by atoms with E-state index in [9.17, 15) is 4.79 Å². The molecule has 0 saturated carbocycles. The van der Waals surface area contributed by atoms with E-state index in [1.165, 1.54) is 6.07 Å². The lowest BCUT2D eigenvalue weighted by atomic mass is 10.0. The van der Waals surface area contributed by atoms with Gasteiger partial charge in [-0.1, -0.05) is 43.3 Å². The van der Waals surface area contributed by atoms with Crippen molar-refractivity contribution in [3.63, 3.8) is 0 Å². The molecular formula is C16H18N2O2. The third-order valence-corrected chi connectivity index (χ3v) is 3.28. The molecule has 0 aromatic heterocycles. The highest BCUT2D eigenvalue weighted by Gasteiger charge is 2.14. The Kier molecular flexibility index (Phi) is 4.25. The van der Waals surface area contributed by atoms with Crippen LogP contribution in [0.25, 0.3) is 0 Å². The average Bonchev–Trinajstić information content (AvgIpc) is 2.47. The molecule has 0 aliphatic heterocycles. The van der Waals surface area contributed by atoms with Crippen LogP contribution >= 0.6 is 0 Å². The van der Waals surface area contributed by atoms with E-state index < -0.39 is 5.97 Å².